The first-order valence-electron chi connectivity index (χ1n) is 9.40. The van der Waals surface area contributed by atoms with Crippen molar-refractivity contribution in [3.05, 3.63) is 41.6 Å². The highest BCUT2D eigenvalue weighted by Crippen LogP contribution is 2.38. The summed E-state index contributed by atoms with van der Waals surface area (Å²) in [7, 11) is 2.16. The molecule has 1 aromatic heterocycles. The maximum absolute atomic E-state index is 9.56. The Balaban J connectivity index is 1.64. The first kappa shape index (κ1) is 16.9. The number of nitrogen functional groups attached to an aromatic ring is 1. The van der Waals surface area contributed by atoms with Gasteiger partial charge in [-0.05, 0) is 43.7 Å². The van der Waals surface area contributed by atoms with Gasteiger partial charge in [0.25, 0.3) is 0 Å². The molecule has 2 N–H and O–H groups in total. The van der Waals surface area contributed by atoms with Crippen LogP contribution in [0.15, 0.2) is 30.3 Å². The highest BCUT2D eigenvalue weighted by atomic mass is 15.2. The molecule has 0 unspecified atom stereocenters. The van der Waals surface area contributed by atoms with Gasteiger partial charge >= 0.3 is 0 Å². The molecule has 0 amide bonds. The molecule has 0 bridgehead atoms. The van der Waals surface area contributed by atoms with Gasteiger partial charge in [0.2, 0.25) is 0 Å². The van der Waals surface area contributed by atoms with E-state index in [-0.39, 0.29) is 0 Å². The van der Waals surface area contributed by atoms with Gasteiger partial charge < -0.3 is 15.5 Å². The summed E-state index contributed by atoms with van der Waals surface area (Å²) in [5, 5.41) is 9.56. The van der Waals surface area contributed by atoms with E-state index in [0.717, 1.165) is 43.0 Å². The molecule has 5 heteroatoms. The molecule has 2 fully saturated rings. The van der Waals surface area contributed by atoms with Gasteiger partial charge in [-0.2, -0.15) is 5.26 Å². The van der Waals surface area contributed by atoms with Crippen molar-refractivity contribution in [1.29, 1.82) is 5.26 Å². The molecule has 134 valence electrons. The molecular formula is C21H25N5. The number of nitriles is 1. The largest absolute Gasteiger partial charge is 0.383 e. The van der Waals surface area contributed by atoms with Crippen LogP contribution in [0.1, 0.15) is 36.4 Å². The lowest BCUT2D eigenvalue weighted by Crippen LogP contribution is -2.44. The van der Waals surface area contributed by atoms with Crippen LogP contribution in [-0.4, -0.2) is 43.1 Å². The second kappa shape index (κ2) is 6.97. The Bertz CT molecular complexity index is 825. The molecule has 26 heavy (non-hydrogen) atoms. The zero-order valence-corrected chi connectivity index (χ0v) is 15.3. The second-order valence-corrected chi connectivity index (χ2v) is 7.43. The fourth-order valence-electron chi connectivity index (χ4n) is 3.76. The number of pyridine rings is 1. The first-order valence-corrected chi connectivity index (χ1v) is 9.40. The molecule has 2 aliphatic rings. The Labute approximate surface area is 155 Å². The Hall–Kier alpha value is -2.58. The SMILES string of the molecule is CN1CCN(c2ccc(-c3cc(C4CCC4)nc(N)c3C#N)cc2)CC1. The van der Waals surface area contributed by atoms with E-state index in [2.05, 4.69) is 58.2 Å². The van der Waals surface area contributed by atoms with Crippen LogP contribution in [0.25, 0.3) is 11.1 Å². The molecule has 0 radical (unpaired) electrons. The van der Waals surface area contributed by atoms with Gasteiger partial charge in [-0.1, -0.05) is 18.6 Å². The van der Waals surface area contributed by atoms with Gasteiger partial charge in [-0.25, -0.2) is 4.98 Å². The molecule has 4 rings (SSSR count). The van der Waals surface area contributed by atoms with Crippen molar-refractivity contribution >= 4 is 11.5 Å². The van der Waals surface area contributed by atoms with Crippen LogP contribution < -0.4 is 10.6 Å². The first-order chi connectivity index (χ1) is 12.7. The van der Waals surface area contributed by atoms with E-state index in [0.29, 0.717) is 17.3 Å². The summed E-state index contributed by atoms with van der Waals surface area (Å²) < 4.78 is 0. The zero-order valence-electron chi connectivity index (χ0n) is 15.3. The second-order valence-electron chi connectivity index (χ2n) is 7.43. The zero-order chi connectivity index (χ0) is 18.1. The molecule has 1 aromatic carbocycles. The van der Waals surface area contributed by atoms with Crippen LogP contribution in [0.4, 0.5) is 11.5 Å². The molecule has 0 atom stereocenters. The smallest absolute Gasteiger partial charge is 0.142 e. The standard InChI is InChI=1S/C21H25N5/c1-25-9-11-26(12-10-25)17-7-5-15(6-8-17)18-13-20(16-3-2-4-16)24-21(23)19(18)14-22/h5-8,13,16H,2-4,9-12H2,1H3,(H2,23,24). The van der Waals surface area contributed by atoms with E-state index in [1.807, 2.05) is 0 Å². The van der Waals surface area contributed by atoms with E-state index in [9.17, 15) is 5.26 Å². The van der Waals surface area contributed by atoms with Crippen molar-refractivity contribution in [3.63, 3.8) is 0 Å². The van der Waals surface area contributed by atoms with Crippen molar-refractivity contribution in [2.45, 2.75) is 25.2 Å². The van der Waals surface area contributed by atoms with Gasteiger partial charge in [0, 0.05) is 49.0 Å². The molecule has 1 aliphatic carbocycles. The van der Waals surface area contributed by atoms with Gasteiger partial charge in [0.05, 0.1) is 0 Å². The Morgan fingerprint density at radius 2 is 1.81 bits per heavy atom. The lowest BCUT2D eigenvalue weighted by molar-refractivity contribution is 0.313. The van der Waals surface area contributed by atoms with Crippen molar-refractivity contribution in [2.75, 3.05) is 43.9 Å². The van der Waals surface area contributed by atoms with Crippen molar-refractivity contribution in [2.24, 2.45) is 0 Å². The lowest BCUT2D eigenvalue weighted by atomic mass is 9.81. The highest BCUT2D eigenvalue weighted by molar-refractivity contribution is 5.77. The van der Waals surface area contributed by atoms with Gasteiger partial charge in [-0.3, -0.25) is 0 Å². The van der Waals surface area contributed by atoms with Crippen LogP contribution in [0.5, 0.6) is 0 Å². The summed E-state index contributed by atoms with van der Waals surface area (Å²) in [5.41, 5.74) is 10.8. The van der Waals surface area contributed by atoms with Crippen molar-refractivity contribution in [1.82, 2.24) is 9.88 Å². The number of rotatable bonds is 3. The monoisotopic (exact) mass is 347 g/mol. The fourth-order valence-corrected chi connectivity index (χ4v) is 3.76. The van der Waals surface area contributed by atoms with Gasteiger partial charge in [0.1, 0.15) is 17.5 Å². The van der Waals surface area contributed by atoms with Crippen LogP contribution in [0.3, 0.4) is 0 Å². The Kier molecular flexibility index (Phi) is 4.52. The van der Waals surface area contributed by atoms with Crippen LogP contribution in [0, 0.1) is 11.3 Å². The summed E-state index contributed by atoms with van der Waals surface area (Å²) in [4.78, 5) is 9.26. The molecule has 5 nitrogen and oxygen atoms in total. The van der Waals surface area contributed by atoms with E-state index in [4.69, 9.17) is 5.73 Å². The van der Waals surface area contributed by atoms with E-state index in [1.54, 1.807) is 0 Å². The third-order valence-corrected chi connectivity index (χ3v) is 5.75. The summed E-state index contributed by atoms with van der Waals surface area (Å²) in [6.45, 7) is 4.28. The molecule has 2 heterocycles. The summed E-state index contributed by atoms with van der Waals surface area (Å²) in [6.07, 6.45) is 3.58. The molecule has 1 aliphatic heterocycles. The minimum absolute atomic E-state index is 0.357. The molecule has 1 saturated carbocycles. The number of nitrogens with zero attached hydrogens (tertiary/aromatic N) is 4. The maximum Gasteiger partial charge on any atom is 0.142 e. The minimum Gasteiger partial charge on any atom is -0.383 e. The predicted octanol–water partition coefficient (Wildman–Crippen LogP) is 3.22. The van der Waals surface area contributed by atoms with E-state index >= 15 is 0 Å². The van der Waals surface area contributed by atoms with E-state index < -0.39 is 0 Å². The predicted molar refractivity (Wildman–Crippen MR) is 105 cm³/mol. The normalized spacial score (nSPS) is 18.4. The Morgan fingerprint density at radius 1 is 1.12 bits per heavy atom. The quantitative estimate of drug-likeness (QED) is 0.923. The third-order valence-electron chi connectivity index (χ3n) is 5.75. The number of aromatic nitrogens is 1. The molecular weight excluding hydrogens is 322 g/mol. The van der Waals surface area contributed by atoms with Crippen molar-refractivity contribution < 1.29 is 0 Å². The number of likely N-dealkylation sites (N-methyl/N-ethyl adjacent to an activating group) is 1. The number of piperazine rings is 1. The average molecular weight is 347 g/mol. The summed E-state index contributed by atoms with van der Waals surface area (Å²) in [6, 6.07) is 12.8. The average Bonchev–Trinajstić information content (AvgIpc) is 2.61. The lowest BCUT2D eigenvalue weighted by Gasteiger charge is -2.34. The van der Waals surface area contributed by atoms with Crippen LogP contribution in [0.2, 0.25) is 0 Å². The summed E-state index contributed by atoms with van der Waals surface area (Å²) >= 11 is 0. The van der Waals surface area contributed by atoms with Crippen LogP contribution in [-0.2, 0) is 0 Å². The van der Waals surface area contributed by atoms with E-state index in [1.165, 1.54) is 24.9 Å². The minimum atomic E-state index is 0.357. The number of hydrogen-bond donors (Lipinski definition) is 1. The highest BCUT2D eigenvalue weighted by Gasteiger charge is 2.23. The number of nitrogens with two attached hydrogens (primary N) is 1. The Morgan fingerprint density at radius 3 is 2.38 bits per heavy atom. The fraction of sp³-hybridized carbons (Fsp3) is 0.429. The number of anilines is 2. The van der Waals surface area contributed by atoms with Crippen molar-refractivity contribution in [3.8, 4) is 17.2 Å². The molecule has 2 aromatic rings. The molecule has 0 spiro atoms. The molecule has 1 saturated heterocycles. The van der Waals surface area contributed by atoms with Crippen LogP contribution >= 0.6 is 0 Å². The number of benzene rings is 1. The summed E-state index contributed by atoms with van der Waals surface area (Å²) in [5.74, 6) is 0.850. The number of hydrogen-bond acceptors (Lipinski definition) is 5. The maximum atomic E-state index is 9.56. The third kappa shape index (κ3) is 3.13. The topological polar surface area (TPSA) is 69.2 Å². The van der Waals surface area contributed by atoms with Gasteiger partial charge in [0.15, 0.2) is 0 Å². The van der Waals surface area contributed by atoms with Gasteiger partial charge in [-0.15, -0.1) is 0 Å².